The lowest BCUT2D eigenvalue weighted by Crippen LogP contribution is -2.16. The van der Waals surface area contributed by atoms with Crippen LogP contribution in [0, 0.1) is 11.5 Å². The second kappa shape index (κ2) is 4.11. The fraction of sp³-hybridized carbons (Fsp3) is 0.214. The molecule has 0 aliphatic heterocycles. The van der Waals surface area contributed by atoms with E-state index in [1.54, 1.807) is 0 Å². The van der Waals surface area contributed by atoms with Gasteiger partial charge in [0.1, 0.15) is 8.07 Å². The summed E-state index contributed by atoms with van der Waals surface area (Å²) in [6.45, 7) is 6.75. The van der Waals surface area contributed by atoms with E-state index in [0.717, 1.165) is 11.1 Å². The van der Waals surface area contributed by atoms with E-state index in [0.29, 0.717) is 0 Å². The van der Waals surface area contributed by atoms with Gasteiger partial charge < -0.3 is 0 Å². The van der Waals surface area contributed by atoms with Crippen LogP contribution in [0.4, 0.5) is 0 Å². The summed E-state index contributed by atoms with van der Waals surface area (Å²) in [6, 6.07) is 10.2. The Kier molecular flexibility index (Phi) is 2.80. The van der Waals surface area contributed by atoms with Crippen LogP contribution < -0.4 is 0 Å². The molecule has 0 saturated carbocycles. The Morgan fingerprint density at radius 2 is 1.94 bits per heavy atom. The first-order valence-electron chi connectivity index (χ1n) is 5.43. The number of aromatic nitrogens is 1. The summed E-state index contributed by atoms with van der Waals surface area (Å²) in [5.41, 5.74) is 5.45. The molecule has 2 heteroatoms. The fourth-order valence-corrected chi connectivity index (χ4v) is 1.92. The van der Waals surface area contributed by atoms with E-state index in [-0.39, 0.29) is 0 Å². The monoisotopic (exact) mass is 225 g/mol. The van der Waals surface area contributed by atoms with E-state index in [1.165, 1.54) is 5.39 Å². The van der Waals surface area contributed by atoms with Gasteiger partial charge in [-0.1, -0.05) is 37.7 Å². The number of nitrogens with zero attached hydrogens (tertiary/aromatic N) is 1. The number of hydrogen-bond acceptors (Lipinski definition) is 1. The van der Waals surface area contributed by atoms with Gasteiger partial charge in [-0.25, -0.2) is 0 Å². The number of benzene rings is 1. The van der Waals surface area contributed by atoms with E-state index in [9.17, 15) is 0 Å². The molecule has 1 heterocycles. The summed E-state index contributed by atoms with van der Waals surface area (Å²) in [7, 11) is -1.29. The van der Waals surface area contributed by atoms with Crippen molar-refractivity contribution in [1.29, 1.82) is 0 Å². The molecule has 1 nitrogen and oxygen atoms in total. The molecule has 0 atom stereocenters. The van der Waals surface area contributed by atoms with Crippen molar-refractivity contribution < 1.29 is 0 Å². The van der Waals surface area contributed by atoms with E-state index < -0.39 is 8.07 Å². The van der Waals surface area contributed by atoms with E-state index >= 15 is 0 Å². The first-order valence-corrected chi connectivity index (χ1v) is 8.93. The zero-order chi connectivity index (χ0) is 11.6. The van der Waals surface area contributed by atoms with Crippen molar-refractivity contribution in [2.45, 2.75) is 19.6 Å². The van der Waals surface area contributed by atoms with Crippen molar-refractivity contribution in [3.05, 3.63) is 42.1 Å². The third-order valence-corrected chi connectivity index (χ3v) is 3.06. The molecule has 0 fully saturated rings. The standard InChI is InChI=1S/C14H15NSi/c1-16(2,3)10-8-12-6-7-13-5-4-9-15-14(13)11-12/h4-7,9,11H,1-3H3. The molecular formula is C14H15NSi. The number of pyridine rings is 1. The Morgan fingerprint density at radius 1 is 1.12 bits per heavy atom. The van der Waals surface area contributed by atoms with Crippen LogP contribution >= 0.6 is 0 Å². The van der Waals surface area contributed by atoms with Crippen LogP contribution in [0.5, 0.6) is 0 Å². The maximum absolute atomic E-state index is 4.33. The quantitative estimate of drug-likeness (QED) is 0.494. The van der Waals surface area contributed by atoms with E-state index in [2.05, 4.69) is 60.4 Å². The van der Waals surface area contributed by atoms with Gasteiger partial charge in [0, 0.05) is 17.1 Å². The van der Waals surface area contributed by atoms with Gasteiger partial charge in [0.2, 0.25) is 0 Å². The highest BCUT2D eigenvalue weighted by Crippen LogP contribution is 2.12. The lowest BCUT2D eigenvalue weighted by atomic mass is 10.1. The SMILES string of the molecule is C[Si](C)(C)C#Cc1ccc2cccnc2c1. The van der Waals surface area contributed by atoms with E-state index in [1.807, 2.05) is 12.3 Å². The Bertz CT molecular complexity index is 570. The van der Waals surface area contributed by atoms with Crippen molar-refractivity contribution >= 4 is 19.0 Å². The van der Waals surface area contributed by atoms with Crippen molar-refractivity contribution in [1.82, 2.24) is 4.98 Å². The minimum absolute atomic E-state index is 1.02. The summed E-state index contributed by atoms with van der Waals surface area (Å²) in [6.07, 6.45) is 1.82. The van der Waals surface area contributed by atoms with Crippen LogP contribution in [0.1, 0.15) is 5.56 Å². The Morgan fingerprint density at radius 3 is 2.69 bits per heavy atom. The van der Waals surface area contributed by atoms with Crippen LogP contribution in [0.2, 0.25) is 19.6 Å². The third kappa shape index (κ3) is 2.71. The molecule has 0 unspecified atom stereocenters. The molecular weight excluding hydrogens is 210 g/mol. The second-order valence-electron chi connectivity index (χ2n) is 4.91. The molecule has 0 radical (unpaired) electrons. The zero-order valence-electron chi connectivity index (χ0n) is 9.91. The van der Waals surface area contributed by atoms with Crippen LogP contribution in [0.25, 0.3) is 10.9 Å². The summed E-state index contributed by atoms with van der Waals surface area (Å²) in [5, 5.41) is 1.17. The molecule has 1 aromatic carbocycles. The molecule has 0 aliphatic rings. The highest BCUT2D eigenvalue weighted by atomic mass is 28.3. The Balaban J connectivity index is 2.43. The van der Waals surface area contributed by atoms with Gasteiger partial charge >= 0.3 is 0 Å². The van der Waals surface area contributed by atoms with Crippen LogP contribution in [-0.2, 0) is 0 Å². The first kappa shape index (κ1) is 10.9. The van der Waals surface area contributed by atoms with Crippen molar-refractivity contribution in [3.63, 3.8) is 0 Å². The normalized spacial score (nSPS) is 10.9. The largest absolute Gasteiger partial charge is 0.256 e. The number of fused-ring (bicyclic) bond motifs is 1. The molecule has 80 valence electrons. The molecule has 0 spiro atoms. The maximum Gasteiger partial charge on any atom is 0.129 e. The Labute approximate surface area is 97.5 Å². The van der Waals surface area contributed by atoms with E-state index in [4.69, 9.17) is 0 Å². The molecule has 0 N–H and O–H groups in total. The van der Waals surface area contributed by atoms with Crippen LogP contribution in [-0.4, -0.2) is 13.1 Å². The summed E-state index contributed by atoms with van der Waals surface area (Å²) >= 11 is 0. The van der Waals surface area contributed by atoms with Gasteiger partial charge in [-0.2, -0.15) is 0 Å². The van der Waals surface area contributed by atoms with Gasteiger partial charge in [0.25, 0.3) is 0 Å². The van der Waals surface area contributed by atoms with Crippen molar-refractivity contribution in [2.24, 2.45) is 0 Å². The van der Waals surface area contributed by atoms with Crippen LogP contribution in [0.3, 0.4) is 0 Å². The minimum Gasteiger partial charge on any atom is -0.256 e. The van der Waals surface area contributed by atoms with Crippen molar-refractivity contribution in [3.8, 4) is 11.5 Å². The highest BCUT2D eigenvalue weighted by molar-refractivity contribution is 6.83. The van der Waals surface area contributed by atoms with Gasteiger partial charge in [-0.15, -0.1) is 5.54 Å². The summed E-state index contributed by atoms with van der Waals surface area (Å²) in [4.78, 5) is 4.33. The molecule has 2 rings (SSSR count). The van der Waals surface area contributed by atoms with Crippen molar-refractivity contribution in [2.75, 3.05) is 0 Å². The van der Waals surface area contributed by atoms with Crippen LogP contribution in [0.15, 0.2) is 36.5 Å². The Hall–Kier alpha value is -1.59. The molecule has 0 bridgehead atoms. The predicted octanol–water partition coefficient (Wildman–Crippen LogP) is 3.46. The average Bonchev–Trinajstić information content (AvgIpc) is 2.25. The number of rotatable bonds is 0. The maximum atomic E-state index is 4.33. The molecule has 16 heavy (non-hydrogen) atoms. The zero-order valence-corrected chi connectivity index (χ0v) is 10.9. The third-order valence-electron chi connectivity index (χ3n) is 2.19. The summed E-state index contributed by atoms with van der Waals surface area (Å²) in [5.74, 6) is 3.25. The van der Waals surface area contributed by atoms with Gasteiger partial charge in [-0.05, 0) is 18.2 Å². The fourth-order valence-electron chi connectivity index (χ4n) is 1.40. The molecule has 2 aromatic rings. The average molecular weight is 225 g/mol. The number of hydrogen-bond donors (Lipinski definition) is 0. The molecule has 1 aromatic heterocycles. The second-order valence-corrected chi connectivity index (χ2v) is 9.66. The van der Waals surface area contributed by atoms with Gasteiger partial charge in [0.15, 0.2) is 0 Å². The molecule has 0 saturated heterocycles. The summed E-state index contributed by atoms with van der Waals surface area (Å²) < 4.78 is 0. The van der Waals surface area contributed by atoms with Gasteiger partial charge in [-0.3, -0.25) is 4.98 Å². The topological polar surface area (TPSA) is 12.9 Å². The minimum atomic E-state index is -1.29. The lowest BCUT2D eigenvalue weighted by Gasteiger charge is -2.03. The molecule has 0 aliphatic carbocycles. The smallest absolute Gasteiger partial charge is 0.129 e. The predicted molar refractivity (Wildman–Crippen MR) is 72.0 cm³/mol. The molecule has 0 amide bonds. The highest BCUT2D eigenvalue weighted by Gasteiger charge is 2.07. The first-order chi connectivity index (χ1) is 7.54. The lowest BCUT2D eigenvalue weighted by molar-refractivity contribution is 1.41. The van der Waals surface area contributed by atoms with Gasteiger partial charge in [0.05, 0.1) is 5.52 Å².